The summed E-state index contributed by atoms with van der Waals surface area (Å²) in [5.41, 5.74) is 5.75. The van der Waals surface area contributed by atoms with Crippen molar-refractivity contribution in [2.45, 2.75) is 122 Å². The van der Waals surface area contributed by atoms with E-state index in [0.717, 1.165) is 12.8 Å². The van der Waals surface area contributed by atoms with Gasteiger partial charge in [0, 0.05) is 6.04 Å². The van der Waals surface area contributed by atoms with Gasteiger partial charge >= 0.3 is 5.97 Å². The van der Waals surface area contributed by atoms with E-state index in [4.69, 9.17) is 10.8 Å². The van der Waals surface area contributed by atoms with E-state index in [0.29, 0.717) is 0 Å². The van der Waals surface area contributed by atoms with Crippen molar-refractivity contribution >= 4 is 5.97 Å². The van der Waals surface area contributed by atoms with Crippen LogP contribution in [0.1, 0.15) is 116 Å². The van der Waals surface area contributed by atoms with Crippen LogP contribution in [0.15, 0.2) is 0 Å². The van der Waals surface area contributed by atoms with Gasteiger partial charge in [-0.3, -0.25) is 4.79 Å². The molecule has 3 N–H and O–H groups in total. The summed E-state index contributed by atoms with van der Waals surface area (Å²) in [5.74, 6) is -0.779. The number of hydrogen-bond acceptors (Lipinski definition) is 2. The number of carbonyl (C=O) groups is 1. The Morgan fingerprint density at radius 1 is 0.739 bits per heavy atom. The fraction of sp³-hybridized carbons (Fsp3) is 0.950. The fourth-order valence-corrected chi connectivity index (χ4v) is 3.10. The molecule has 0 aromatic heterocycles. The fourth-order valence-electron chi connectivity index (χ4n) is 3.10. The van der Waals surface area contributed by atoms with Crippen LogP contribution in [0.25, 0.3) is 0 Å². The summed E-state index contributed by atoms with van der Waals surface area (Å²) in [6, 6.07) is -0.158. The van der Waals surface area contributed by atoms with Gasteiger partial charge in [-0.15, -0.1) is 0 Å². The van der Waals surface area contributed by atoms with Gasteiger partial charge in [0.25, 0.3) is 0 Å². The lowest BCUT2D eigenvalue weighted by molar-refractivity contribution is -0.137. The lowest BCUT2D eigenvalue weighted by Gasteiger charge is -2.08. The first-order chi connectivity index (χ1) is 11.2. The molecule has 0 fully saturated rings. The van der Waals surface area contributed by atoms with Gasteiger partial charge in [-0.2, -0.15) is 0 Å². The zero-order valence-electron chi connectivity index (χ0n) is 15.5. The molecule has 0 heterocycles. The Hall–Kier alpha value is -0.570. The third kappa shape index (κ3) is 19.4. The van der Waals surface area contributed by atoms with Gasteiger partial charge in [0.15, 0.2) is 0 Å². The SMILES string of the molecule is CCCCCCCCCCCCCCCCCC(N)CC(=O)O. The maximum Gasteiger partial charge on any atom is 0.304 e. The van der Waals surface area contributed by atoms with E-state index in [1.54, 1.807) is 0 Å². The average Bonchev–Trinajstić information content (AvgIpc) is 2.50. The third-order valence-corrected chi connectivity index (χ3v) is 4.62. The van der Waals surface area contributed by atoms with Crippen LogP contribution < -0.4 is 5.73 Å². The normalized spacial score (nSPS) is 12.4. The molecule has 1 unspecified atom stereocenters. The van der Waals surface area contributed by atoms with Crippen LogP contribution in [-0.4, -0.2) is 17.1 Å². The Labute approximate surface area is 144 Å². The Balaban J connectivity index is 3.06. The van der Waals surface area contributed by atoms with Crippen LogP contribution in [0.5, 0.6) is 0 Å². The molecular weight excluding hydrogens is 286 g/mol. The molecule has 0 spiro atoms. The molecule has 0 aliphatic rings. The van der Waals surface area contributed by atoms with Crippen molar-refractivity contribution in [1.82, 2.24) is 0 Å². The second-order valence-corrected chi connectivity index (χ2v) is 7.10. The number of nitrogens with two attached hydrogens (primary N) is 1. The van der Waals surface area contributed by atoms with Crippen molar-refractivity contribution in [2.75, 3.05) is 0 Å². The molecule has 0 aromatic rings. The highest BCUT2D eigenvalue weighted by molar-refractivity contribution is 5.67. The number of rotatable bonds is 18. The Morgan fingerprint density at radius 2 is 1.09 bits per heavy atom. The molecule has 0 radical (unpaired) electrons. The maximum atomic E-state index is 10.5. The summed E-state index contributed by atoms with van der Waals surface area (Å²) in [7, 11) is 0. The second kappa shape index (κ2) is 17.8. The molecule has 1 atom stereocenters. The molecule has 0 aliphatic carbocycles. The zero-order chi connectivity index (χ0) is 17.2. The number of carboxylic acid groups (broad SMARTS) is 1. The largest absolute Gasteiger partial charge is 0.481 e. The quantitative estimate of drug-likeness (QED) is 0.301. The van der Waals surface area contributed by atoms with Gasteiger partial charge in [-0.1, -0.05) is 103 Å². The summed E-state index contributed by atoms with van der Waals surface area (Å²) in [4.78, 5) is 10.5. The van der Waals surface area contributed by atoms with Crippen molar-refractivity contribution in [3.05, 3.63) is 0 Å². The summed E-state index contributed by atoms with van der Waals surface area (Å²) >= 11 is 0. The van der Waals surface area contributed by atoms with E-state index < -0.39 is 5.97 Å². The Bertz CT molecular complexity index is 256. The highest BCUT2D eigenvalue weighted by Gasteiger charge is 2.06. The molecule has 0 saturated carbocycles. The van der Waals surface area contributed by atoms with Crippen molar-refractivity contribution in [3.8, 4) is 0 Å². The molecule has 0 aromatic carbocycles. The molecule has 0 aliphatic heterocycles. The topological polar surface area (TPSA) is 63.3 Å². The first-order valence-electron chi connectivity index (χ1n) is 10.1. The van der Waals surface area contributed by atoms with Crippen LogP contribution in [0.4, 0.5) is 0 Å². The predicted octanol–water partition coefficient (Wildman–Crippen LogP) is 6.05. The predicted molar refractivity (Wildman–Crippen MR) is 99.8 cm³/mol. The molecule has 0 amide bonds. The molecule has 0 rings (SSSR count). The van der Waals surface area contributed by atoms with E-state index in [1.165, 1.54) is 89.9 Å². The Morgan fingerprint density at radius 3 is 1.43 bits per heavy atom. The number of aliphatic carboxylic acids is 1. The standard InChI is InChI=1S/C20H41NO2/c1-2-3-4-5-6-7-8-9-10-11-12-13-14-15-16-17-19(21)18-20(22)23/h19H,2-18,21H2,1H3,(H,22,23). The van der Waals surface area contributed by atoms with Gasteiger partial charge < -0.3 is 10.8 Å². The monoisotopic (exact) mass is 327 g/mol. The number of hydrogen-bond donors (Lipinski definition) is 2. The summed E-state index contributed by atoms with van der Waals surface area (Å²) in [6.07, 6.45) is 21.3. The van der Waals surface area contributed by atoms with Crippen LogP contribution in [0.2, 0.25) is 0 Å². The van der Waals surface area contributed by atoms with Crippen molar-refractivity contribution in [1.29, 1.82) is 0 Å². The van der Waals surface area contributed by atoms with E-state index in [9.17, 15) is 4.79 Å². The van der Waals surface area contributed by atoms with E-state index >= 15 is 0 Å². The van der Waals surface area contributed by atoms with Gasteiger partial charge in [-0.25, -0.2) is 0 Å². The third-order valence-electron chi connectivity index (χ3n) is 4.62. The summed E-state index contributed by atoms with van der Waals surface area (Å²) < 4.78 is 0. The lowest BCUT2D eigenvalue weighted by Crippen LogP contribution is -2.23. The molecule has 23 heavy (non-hydrogen) atoms. The van der Waals surface area contributed by atoms with E-state index in [-0.39, 0.29) is 12.5 Å². The van der Waals surface area contributed by atoms with E-state index in [2.05, 4.69) is 6.92 Å². The van der Waals surface area contributed by atoms with Crippen molar-refractivity contribution < 1.29 is 9.90 Å². The molecular formula is C20H41NO2. The van der Waals surface area contributed by atoms with Gasteiger partial charge in [0.2, 0.25) is 0 Å². The van der Waals surface area contributed by atoms with Crippen LogP contribution in [0.3, 0.4) is 0 Å². The molecule has 3 nitrogen and oxygen atoms in total. The maximum absolute atomic E-state index is 10.5. The Kier molecular flexibility index (Phi) is 17.3. The van der Waals surface area contributed by atoms with Gasteiger partial charge in [0.05, 0.1) is 6.42 Å². The molecule has 3 heteroatoms. The first-order valence-corrected chi connectivity index (χ1v) is 10.1. The number of carboxylic acids is 1. The average molecular weight is 328 g/mol. The number of unbranched alkanes of at least 4 members (excludes halogenated alkanes) is 14. The smallest absolute Gasteiger partial charge is 0.304 e. The van der Waals surface area contributed by atoms with Gasteiger partial charge in [0.1, 0.15) is 0 Å². The lowest BCUT2D eigenvalue weighted by atomic mass is 10.0. The molecule has 138 valence electrons. The summed E-state index contributed by atoms with van der Waals surface area (Å²) in [6.45, 7) is 2.27. The van der Waals surface area contributed by atoms with Crippen molar-refractivity contribution in [2.24, 2.45) is 5.73 Å². The van der Waals surface area contributed by atoms with Crippen molar-refractivity contribution in [3.63, 3.8) is 0 Å². The van der Waals surface area contributed by atoms with Crippen LogP contribution >= 0.6 is 0 Å². The zero-order valence-corrected chi connectivity index (χ0v) is 15.5. The highest BCUT2D eigenvalue weighted by Crippen LogP contribution is 2.14. The van der Waals surface area contributed by atoms with Crippen LogP contribution in [-0.2, 0) is 4.79 Å². The first kappa shape index (κ1) is 22.4. The summed E-state index contributed by atoms with van der Waals surface area (Å²) in [5, 5.41) is 8.63. The van der Waals surface area contributed by atoms with Crippen LogP contribution in [0, 0.1) is 0 Å². The molecule has 0 bridgehead atoms. The highest BCUT2D eigenvalue weighted by atomic mass is 16.4. The minimum absolute atomic E-state index is 0.110. The minimum Gasteiger partial charge on any atom is -0.481 e. The minimum atomic E-state index is -0.779. The molecule has 0 saturated heterocycles. The second-order valence-electron chi connectivity index (χ2n) is 7.10. The van der Waals surface area contributed by atoms with E-state index in [1.807, 2.05) is 0 Å². The van der Waals surface area contributed by atoms with Gasteiger partial charge in [-0.05, 0) is 6.42 Å².